The number of nitrogens with zero attached hydrogens (tertiary/aromatic N) is 1. The van der Waals surface area contributed by atoms with Gasteiger partial charge < -0.3 is 13.7 Å². The molecule has 0 aliphatic heterocycles. The molecule has 2 aromatic rings. The zero-order valence-electron chi connectivity index (χ0n) is 16.0. The number of nitriles is 1. The molecule has 0 saturated carbocycles. The summed E-state index contributed by atoms with van der Waals surface area (Å²) in [6.45, 7) is 1.68. The molecule has 0 bridgehead atoms. The maximum Gasteiger partial charge on any atom is 0.330 e. The van der Waals surface area contributed by atoms with Crippen molar-refractivity contribution in [1.82, 2.24) is 0 Å². The van der Waals surface area contributed by atoms with E-state index < -0.39 is 33.5 Å². The van der Waals surface area contributed by atoms with Gasteiger partial charge >= 0.3 is 16.1 Å². The molecule has 0 atom stereocenters. The Hall–Kier alpha value is -3.45. The molecule has 0 heterocycles. The van der Waals surface area contributed by atoms with Gasteiger partial charge in [-0.15, -0.1) is 0 Å². The van der Waals surface area contributed by atoms with Gasteiger partial charge in [0.05, 0.1) is 19.3 Å². The van der Waals surface area contributed by atoms with E-state index in [2.05, 4.69) is 4.74 Å². The molecular formula is C20H17F2NO6S. The van der Waals surface area contributed by atoms with Gasteiger partial charge in [0.1, 0.15) is 17.6 Å². The molecule has 0 saturated heterocycles. The van der Waals surface area contributed by atoms with Crippen LogP contribution in [0.4, 0.5) is 8.78 Å². The van der Waals surface area contributed by atoms with Gasteiger partial charge in [0, 0.05) is 17.7 Å². The van der Waals surface area contributed by atoms with Gasteiger partial charge in [-0.2, -0.15) is 13.7 Å². The number of carbonyl (C=O) groups excluding carboxylic acids is 1. The van der Waals surface area contributed by atoms with Crippen molar-refractivity contribution in [1.29, 1.82) is 5.26 Å². The Morgan fingerprint density at radius 1 is 1.23 bits per heavy atom. The number of rotatable bonds is 8. The Kier molecular flexibility index (Phi) is 7.49. The Labute approximate surface area is 172 Å². The van der Waals surface area contributed by atoms with Crippen LogP contribution >= 0.6 is 0 Å². The van der Waals surface area contributed by atoms with E-state index in [0.29, 0.717) is 6.07 Å². The fourth-order valence-corrected chi connectivity index (χ4v) is 3.43. The average molecular weight is 437 g/mol. The van der Waals surface area contributed by atoms with Gasteiger partial charge in [0.25, 0.3) is 0 Å². The third kappa shape index (κ3) is 6.02. The lowest BCUT2D eigenvalue weighted by molar-refractivity contribution is -0.137. The van der Waals surface area contributed by atoms with Gasteiger partial charge in [-0.1, -0.05) is 0 Å². The van der Waals surface area contributed by atoms with Crippen molar-refractivity contribution < 1.29 is 35.6 Å². The molecule has 10 heteroatoms. The number of ether oxygens (including phenoxy) is 2. The third-order valence-corrected chi connectivity index (χ3v) is 4.79. The Bertz CT molecular complexity index is 1120. The lowest BCUT2D eigenvalue weighted by Gasteiger charge is -2.11. The predicted molar refractivity (Wildman–Crippen MR) is 103 cm³/mol. The summed E-state index contributed by atoms with van der Waals surface area (Å²) in [5, 5.41) is 9.11. The summed E-state index contributed by atoms with van der Waals surface area (Å²) in [7, 11) is -2.99. The summed E-state index contributed by atoms with van der Waals surface area (Å²) in [4.78, 5) is 11.4. The maximum atomic E-state index is 14.0. The summed E-state index contributed by atoms with van der Waals surface area (Å²) < 4.78 is 67.3. The SMILES string of the molecule is CCOC(=O)/C=C/c1cc(CS(=O)(=O)Oc2cc(OC)ccc2C#N)cc(F)c1F. The highest BCUT2D eigenvalue weighted by atomic mass is 32.2. The minimum absolute atomic E-state index is 0.0530. The smallest absolute Gasteiger partial charge is 0.330 e. The van der Waals surface area contributed by atoms with E-state index in [4.69, 9.17) is 14.2 Å². The number of hydrogen-bond acceptors (Lipinski definition) is 7. The van der Waals surface area contributed by atoms with E-state index >= 15 is 0 Å². The van der Waals surface area contributed by atoms with Crippen molar-refractivity contribution in [3.63, 3.8) is 0 Å². The monoisotopic (exact) mass is 437 g/mol. The first-order valence-corrected chi connectivity index (χ1v) is 10.1. The topological polar surface area (TPSA) is 103 Å². The van der Waals surface area contributed by atoms with Crippen LogP contribution in [-0.2, 0) is 25.4 Å². The molecule has 2 rings (SSSR count). The third-order valence-electron chi connectivity index (χ3n) is 3.67. The predicted octanol–water partition coefficient (Wildman–Crippen LogP) is 3.33. The first kappa shape index (κ1) is 22.8. The molecule has 2 aromatic carbocycles. The molecule has 0 aliphatic carbocycles. The fraction of sp³-hybridized carbons (Fsp3) is 0.200. The standard InChI is InChI=1S/C20H17F2NO6S/c1-3-28-19(24)7-5-14-8-13(9-17(21)20(14)22)12-30(25,26)29-18-10-16(27-2)6-4-15(18)11-23/h4-10H,3,12H2,1-2H3/b7-5+. The molecule has 0 radical (unpaired) electrons. The lowest BCUT2D eigenvalue weighted by atomic mass is 10.1. The van der Waals surface area contributed by atoms with Gasteiger partial charge in [0.2, 0.25) is 0 Å². The van der Waals surface area contributed by atoms with Crippen LogP contribution in [0.1, 0.15) is 23.6 Å². The van der Waals surface area contributed by atoms with Crippen molar-refractivity contribution in [3.05, 3.63) is 64.7 Å². The Morgan fingerprint density at radius 2 is 1.97 bits per heavy atom. The fourth-order valence-electron chi connectivity index (χ4n) is 2.38. The summed E-state index contributed by atoms with van der Waals surface area (Å²) >= 11 is 0. The van der Waals surface area contributed by atoms with Crippen LogP contribution in [0.2, 0.25) is 0 Å². The van der Waals surface area contributed by atoms with E-state index in [1.807, 2.05) is 0 Å². The summed E-state index contributed by atoms with van der Waals surface area (Å²) in [5.74, 6) is -4.13. The van der Waals surface area contributed by atoms with E-state index in [1.165, 1.54) is 25.3 Å². The number of esters is 1. The van der Waals surface area contributed by atoms with Crippen molar-refractivity contribution >= 4 is 22.2 Å². The summed E-state index contributed by atoms with van der Waals surface area (Å²) in [5.41, 5.74) is -0.520. The van der Waals surface area contributed by atoms with Crippen LogP contribution in [0.25, 0.3) is 6.08 Å². The Morgan fingerprint density at radius 3 is 2.60 bits per heavy atom. The largest absolute Gasteiger partial charge is 0.497 e. The highest BCUT2D eigenvalue weighted by molar-refractivity contribution is 7.86. The van der Waals surface area contributed by atoms with E-state index in [-0.39, 0.29) is 34.8 Å². The molecule has 30 heavy (non-hydrogen) atoms. The average Bonchev–Trinajstić information content (AvgIpc) is 2.69. The van der Waals surface area contributed by atoms with Gasteiger partial charge in [0.15, 0.2) is 17.4 Å². The van der Waals surface area contributed by atoms with Crippen LogP contribution in [0.15, 0.2) is 36.4 Å². The maximum absolute atomic E-state index is 14.0. The molecule has 0 N–H and O–H groups in total. The van der Waals surface area contributed by atoms with Gasteiger partial charge in [-0.3, -0.25) is 0 Å². The number of carbonyl (C=O) groups is 1. The lowest BCUT2D eigenvalue weighted by Crippen LogP contribution is -2.13. The van der Waals surface area contributed by atoms with E-state index in [9.17, 15) is 22.0 Å². The zero-order valence-corrected chi connectivity index (χ0v) is 16.8. The molecule has 0 unspecified atom stereocenters. The Balaban J connectivity index is 2.31. The van der Waals surface area contributed by atoms with Gasteiger partial charge in [-0.05, 0) is 42.8 Å². The molecule has 0 amide bonds. The number of halogens is 2. The zero-order chi connectivity index (χ0) is 22.3. The van der Waals surface area contributed by atoms with Crippen LogP contribution in [0.5, 0.6) is 11.5 Å². The second kappa shape index (κ2) is 9.84. The quantitative estimate of drug-likeness (QED) is 0.355. The summed E-state index contributed by atoms with van der Waals surface area (Å²) in [6, 6.07) is 7.54. The molecule has 0 fully saturated rings. The number of methoxy groups -OCH3 is 1. The highest BCUT2D eigenvalue weighted by Gasteiger charge is 2.20. The minimum atomic E-state index is -4.34. The first-order chi connectivity index (χ1) is 14.2. The van der Waals surface area contributed by atoms with Crippen molar-refractivity contribution in [3.8, 4) is 17.6 Å². The van der Waals surface area contributed by atoms with Crippen molar-refractivity contribution in [2.24, 2.45) is 0 Å². The van der Waals surface area contributed by atoms with Crippen LogP contribution in [0.3, 0.4) is 0 Å². The second-order valence-corrected chi connectivity index (χ2v) is 7.40. The normalized spacial score (nSPS) is 11.2. The molecule has 0 aromatic heterocycles. The molecule has 0 spiro atoms. The first-order valence-electron chi connectivity index (χ1n) is 8.52. The number of hydrogen-bond donors (Lipinski definition) is 0. The molecular weight excluding hydrogens is 420 g/mol. The van der Waals surface area contributed by atoms with Crippen molar-refractivity contribution in [2.45, 2.75) is 12.7 Å². The minimum Gasteiger partial charge on any atom is -0.497 e. The van der Waals surface area contributed by atoms with E-state index in [1.54, 1.807) is 13.0 Å². The van der Waals surface area contributed by atoms with Crippen LogP contribution in [0, 0.1) is 23.0 Å². The van der Waals surface area contributed by atoms with Crippen molar-refractivity contribution in [2.75, 3.05) is 13.7 Å². The summed E-state index contributed by atoms with van der Waals surface area (Å²) in [6.07, 6.45) is 1.87. The van der Waals surface area contributed by atoms with Gasteiger partial charge in [-0.25, -0.2) is 13.6 Å². The highest BCUT2D eigenvalue weighted by Crippen LogP contribution is 2.27. The number of benzene rings is 2. The van der Waals surface area contributed by atoms with Crippen LogP contribution in [-0.4, -0.2) is 28.1 Å². The molecule has 158 valence electrons. The second-order valence-electron chi connectivity index (χ2n) is 5.83. The van der Waals surface area contributed by atoms with E-state index in [0.717, 1.165) is 18.2 Å². The van der Waals surface area contributed by atoms with Crippen LogP contribution < -0.4 is 8.92 Å². The molecule has 7 nitrogen and oxygen atoms in total. The molecule has 0 aliphatic rings.